The minimum Gasteiger partial charge on any atom is -0.377 e. The summed E-state index contributed by atoms with van der Waals surface area (Å²) in [7, 11) is 0. The number of hydrogen-bond donors (Lipinski definition) is 1. The van der Waals surface area contributed by atoms with Crippen LogP contribution in [0, 0.1) is 6.92 Å². The fraction of sp³-hybridized carbons (Fsp3) is 0.250. The van der Waals surface area contributed by atoms with Crippen molar-refractivity contribution in [3.63, 3.8) is 0 Å². The number of nitrogens with one attached hydrogen (secondary N) is 1. The predicted molar refractivity (Wildman–Crippen MR) is 83.1 cm³/mol. The summed E-state index contributed by atoms with van der Waals surface area (Å²) in [6, 6.07) is 4.02. The molecular formula is C12H11BrCl2N2S. The molecule has 0 aliphatic rings. The Balaban J connectivity index is 2.18. The molecule has 2 rings (SSSR count). The number of halogens is 3. The van der Waals surface area contributed by atoms with Crippen molar-refractivity contribution in [2.75, 3.05) is 5.32 Å². The number of thiophene rings is 1. The third-order valence-corrected chi connectivity index (χ3v) is 4.90. The first-order valence-electron chi connectivity index (χ1n) is 5.31. The normalized spacial score (nSPS) is 12.5. The van der Waals surface area contributed by atoms with Crippen molar-refractivity contribution < 1.29 is 0 Å². The van der Waals surface area contributed by atoms with E-state index in [1.807, 2.05) is 26.0 Å². The van der Waals surface area contributed by atoms with E-state index in [9.17, 15) is 0 Å². The van der Waals surface area contributed by atoms with E-state index >= 15 is 0 Å². The highest BCUT2D eigenvalue weighted by Crippen LogP contribution is 2.36. The minimum absolute atomic E-state index is 0.0867. The molecule has 18 heavy (non-hydrogen) atoms. The maximum Gasteiger partial charge on any atom is 0.109 e. The molecule has 96 valence electrons. The molecule has 0 spiro atoms. The van der Waals surface area contributed by atoms with Gasteiger partial charge in [-0.1, -0.05) is 23.2 Å². The van der Waals surface area contributed by atoms with E-state index in [2.05, 4.69) is 26.2 Å². The topological polar surface area (TPSA) is 24.9 Å². The Morgan fingerprint density at radius 1 is 1.39 bits per heavy atom. The number of aryl methyl sites for hydroxylation is 1. The van der Waals surface area contributed by atoms with E-state index in [1.165, 1.54) is 11.3 Å². The highest BCUT2D eigenvalue weighted by molar-refractivity contribution is 9.10. The zero-order chi connectivity index (χ0) is 13.3. The summed E-state index contributed by atoms with van der Waals surface area (Å²) in [4.78, 5) is 4.25. The van der Waals surface area contributed by atoms with Crippen molar-refractivity contribution in [3.05, 3.63) is 42.7 Å². The Bertz CT molecular complexity index is 571. The second-order valence-corrected chi connectivity index (χ2v) is 7.01. The lowest BCUT2D eigenvalue weighted by Crippen LogP contribution is -2.06. The smallest absolute Gasteiger partial charge is 0.109 e. The maximum absolute atomic E-state index is 6.13. The molecule has 0 aromatic carbocycles. The number of hydrogen-bond acceptors (Lipinski definition) is 3. The quantitative estimate of drug-likeness (QED) is 0.706. The molecule has 0 aliphatic carbocycles. The summed E-state index contributed by atoms with van der Waals surface area (Å²) < 4.78 is 2.29. The largest absolute Gasteiger partial charge is 0.377 e. The van der Waals surface area contributed by atoms with Gasteiger partial charge in [0.05, 0.1) is 26.6 Å². The van der Waals surface area contributed by atoms with Gasteiger partial charge in [0.1, 0.15) is 4.60 Å². The Labute approximate surface area is 128 Å². The highest BCUT2D eigenvalue weighted by Gasteiger charge is 2.13. The second-order valence-electron chi connectivity index (χ2n) is 3.98. The molecule has 0 saturated heterocycles. The van der Waals surface area contributed by atoms with E-state index in [4.69, 9.17) is 23.2 Å². The molecule has 6 heteroatoms. The number of aromatic nitrogens is 1. The van der Waals surface area contributed by atoms with Crippen molar-refractivity contribution in [3.8, 4) is 0 Å². The third-order valence-electron chi connectivity index (χ3n) is 2.55. The summed E-state index contributed by atoms with van der Waals surface area (Å²) >= 11 is 16.8. The fourth-order valence-corrected chi connectivity index (χ4v) is 3.48. The standard InChI is InChI=1S/C12H11BrCl2N2S/c1-6-3-8(5-16-11(6)13)17-7(2)9-4-10(14)18-12(9)15/h3-5,7,17H,1-2H3. The summed E-state index contributed by atoms with van der Waals surface area (Å²) in [5, 5.41) is 3.36. The van der Waals surface area contributed by atoms with Gasteiger partial charge in [-0.2, -0.15) is 0 Å². The van der Waals surface area contributed by atoms with Crippen LogP contribution >= 0.6 is 50.5 Å². The van der Waals surface area contributed by atoms with Gasteiger partial charge in [-0.3, -0.25) is 0 Å². The fourth-order valence-electron chi connectivity index (χ4n) is 1.61. The Morgan fingerprint density at radius 2 is 2.11 bits per heavy atom. The van der Waals surface area contributed by atoms with Crippen LogP contribution in [0.2, 0.25) is 8.67 Å². The van der Waals surface area contributed by atoms with Gasteiger partial charge in [0.25, 0.3) is 0 Å². The first-order valence-corrected chi connectivity index (χ1v) is 7.67. The van der Waals surface area contributed by atoms with Crippen LogP contribution < -0.4 is 5.32 Å². The van der Waals surface area contributed by atoms with Crippen LogP contribution in [-0.4, -0.2) is 4.98 Å². The average Bonchev–Trinajstić information content (AvgIpc) is 2.63. The maximum atomic E-state index is 6.13. The van der Waals surface area contributed by atoms with Gasteiger partial charge in [0.15, 0.2) is 0 Å². The number of nitrogens with zero attached hydrogens (tertiary/aromatic N) is 1. The molecule has 0 amide bonds. The molecule has 0 bridgehead atoms. The Hall–Kier alpha value is -0.290. The Morgan fingerprint density at radius 3 is 2.67 bits per heavy atom. The van der Waals surface area contributed by atoms with Crippen molar-refractivity contribution in [1.82, 2.24) is 4.98 Å². The van der Waals surface area contributed by atoms with Crippen molar-refractivity contribution in [2.24, 2.45) is 0 Å². The van der Waals surface area contributed by atoms with Gasteiger partial charge in [-0.25, -0.2) is 4.98 Å². The van der Waals surface area contributed by atoms with Crippen molar-refractivity contribution in [2.45, 2.75) is 19.9 Å². The van der Waals surface area contributed by atoms with Gasteiger partial charge >= 0.3 is 0 Å². The molecule has 0 saturated carbocycles. The molecule has 1 N–H and O–H groups in total. The zero-order valence-corrected chi connectivity index (χ0v) is 13.7. The lowest BCUT2D eigenvalue weighted by Gasteiger charge is -2.15. The molecule has 2 aromatic heterocycles. The lowest BCUT2D eigenvalue weighted by atomic mass is 10.1. The van der Waals surface area contributed by atoms with E-state index in [-0.39, 0.29) is 6.04 Å². The molecule has 0 aliphatic heterocycles. The van der Waals surface area contributed by atoms with E-state index in [1.54, 1.807) is 6.20 Å². The van der Waals surface area contributed by atoms with E-state index in [0.29, 0.717) is 4.34 Å². The lowest BCUT2D eigenvalue weighted by molar-refractivity contribution is 0.887. The molecule has 1 unspecified atom stereocenters. The van der Waals surface area contributed by atoms with Crippen LogP contribution in [0.1, 0.15) is 24.1 Å². The molecule has 0 radical (unpaired) electrons. The monoisotopic (exact) mass is 364 g/mol. The van der Waals surface area contributed by atoms with Crippen molar-refractivity contribution in [1.29, 1.82) is 0 Å². The van der Waals surface area contributed by atoms with Crippen LogP contribution in [0.5, 0.6) is 0 Å². The minimum atomic E-state index is 0.0867. The van der Waals surface area contributed by atoms with Gasteiger partial charge in [-0.05, 0) is 47.5 Å². The van der Waals surface area contributed by atoms with E-state index in [0.717, 1.165) is 25.8 Å². The molecular weight excluding hydrogens is 355 g/mol. The SMILES string of the molecule is Cc1cc(NC(C)c2cc(Cl)sc2Cl)cnc1Br. The number of pyridine rings is 1. The second kappa shape index (κ2) is 5.78. The molecule has 1 atom stereocenters. The summed E-state index contributed by atoms with van der Waals surface area (Å²) in [5.74, 6) is 0. The highest BCUT2D eigenvalue weighted by atomic mass is 79.9. The van der Waals surface area contributed by atoms with E-state index < -0.39 is 0 Å². The van der Waals surface area contributed by atoms with Gasteiger partial charge in [0, 0.05) is 5.56 Å². The number of rotatable bonds is 3. The summed E-state index contributed by atoms with van der Waals surface area (Å²) in [6.45, 7) is 4.04. The van der Waals surface area contributed by atoms with Crippen LogP contribution in [0.15, 0.2) is 22.9 Å². The van der Waals surface area contributed by atoms with Gasteiger partial charge in [-0.15, -0.1) is 11.3 Å². The third kappa shape index (κ3) is 3.18. The van der Waals surface area contributed by atoms with Gasteiger partial charge in [0.2, 0.25) is 0 Å². The Kier molecular flexibility index (Phi) is 4.54. The van der Waals surface area contributed by atoms with Crippen LogP contribution in [-0.2, 0) is 0 Å². The van der Waals surface area contributed by atoms with Crippen LogP contribution in [0.4, 0.5) is 5.69 Å². The summed E-state index contributed by atoms with van der Waals surface area (Å²) in [6.07, 6.45) is 1.79. The molecule has 0 fully saturated rings. The van der Waals surface area contributed by atoms with Crippen LogP contribution in [0.3, 0.4) is 0 Å². The van der Waals surface area contributed by atoms with Crippen molar-refractivity contribution >= 4 is 56.2 Å². The first-order chi connectivity index (χ1) is 8.47. The van der Waals surface area contributed by atoms with Gasteiger partial charge < -0.3 is 5.32 Å². The molecule has 2 heterocycles. The number of anilines is 1. The predicted octanol–water partition coefficient (Wildman–Crippen LogP) is 5.69. The van der Waals surface area contributed by atoms with Crippen LogP contribution in [0.25, 0.3) is 0 Å². The first kappa shape index (κ1) is 14.1. The molecule has 2 nitrogen and oxygen atoms in total. The molecule has 2 aromatic rings. The zero-order valence-electron chi connectivity index (χ0n) is 9.80. The average molecular weight is 366 g/mol. The summed E-state index contributed by atoms with van der Waals surface area (Å²) in [5.41, 5.74) is 3.05.